The summed E-state index contributed by atoms with van der Waals surface area (Å²) in [6, 6.07) is 13.4. The van der Waals surface area contributed by atoms with Crippen LogP contribution in [0.5, 0.6) is 5.75 Å². The van der Waals surface area contributed by atoms with E-state index in [1.54, 1.807) is 48.5 Å². The van der Waals surface area contributed by atoms with E-state index in [4.69, 9.17) is 21.1 Å². The second-order valence-corrected chi connectivity index (χ2v) is 7.28. The number of esters is 1. The van der Waals surface area contributed by atoms with Crippen LogP contribution >= 0.6 is 22.9 Å². The third kappa shape index (κ3) is 5.55. The Bertz CT molecular complexity index is 990. The van der Waals surface area contributed by atoms with E-state index in [0.717, 1.165) is 10.7 Å². The molecule has 3 rings (SSSR count). The number of nitrogens with zero attached hydrogens (tertiary/aromatic N) is 1. The van der Waals surface area contributed by atoms with Gasteiger partial charge in [0.15, 0.2) is 6.61 Å². The molecule has 3 aromatic rings. The second kappa shape index (κ2) is 9.34. The van der Waals surface area contributed by atoms with Crippen LogP contribution in [0.25, 0.3) is 0 Å². The minimum absolute atomic E-state index is 0.240. The zero-order chi connectivity index (χ0) is 19.9. The van der Waals surface area contributed by atoms with Crippen molar-refractivity contribution in [3.63, 3.8) is 0 Å². The standard InChI is InChI=1S/C20H17ClN2O4S/c1-13-22-16(12-28-13)10-26-18-8-3-2-7-17(18)20(25)27-11-19(24)23-15-6-4-5-14(21)9-15/h2-9,12H,10-11H2,1H3,(H,23,24). The molecular formula is C20H17ClN2O4S. The molecule has 0 spiro atoms. The number of carbonyl (C=O) groups is 2. The van der Waals surface area contributed by atoms with Crippen molar-refractivity contribution in [2.45, 2.75) is 13.5 Å². The summed E-state index contributed by atoms with van der Waals surface area (Å²) in [6.45, 7) is 1.72. The fourth-order valence-electron chi connectivity index (χ4n) is 2.36. The van der Waals surface area contributed by atoms with E-state index in [2.05, 4.69) is 10.3 Å². The number of rotatable bonds is 7. The molecule has 0 aliphatic heterocycles. The van der Waals surface area contributed by atoms with Crippen molar-refractivity contribution < 1.29 is 19.1 Å². The van der Waals surface area contributed by atoms with Gasteiger partial charge in [-0.3, -0.25) is 4.79 Å². The van der Waals surface area contributed by atoms with Gasteiger partial charge in [-0.05, 0) is 37.3 Å². The number of aromatic nitrogens is 1. The summed E-state index contributed by atoms with van der Waals surface area (Å²) in [6.07, 6.45) is 0. The normalized spacial score (nSPS) is 10.4. The van der Waals surface area contributed by atoms with E-state index in [1.165, 1.54) is 11.3 Å². The fraction of sp³-hybridized carbons (Fsp3) is 0.150. The average molecular weight is 417 g/mol. The van der Waals surface area contributed by atoms with Crippen molar-refractivity contribution in [2.75, 3.05) is 11.9 Å². The summed E-state index contributed by atoms with van der Waals surface area (Å²) >= 11 is 7.40. The first kappa shape index (κ1) is 19.9. The van der Waals surface area contributed by atoms with Crippen LogP contribution in [0.3, 0.4) is 0 Å². The number of anilines is 1. The molecule has 144 valence electrons. The Hall–Kier alpha value is -2.90. The van der Waals surface area contributed by atoms with Gasteiger partial charge in [0.2, 0.25) is 0 Å². The lowest BCUT2D eigenvalue weighted by Gasteiger charge is -2.11. The Morgan fingerprint density at radius 3 is 2.75 bits per heavy atom. The molecular weight excluding hydrogens is 400 g/mol. The van der Waals surface area contributed by atoms with Crippen molar-refractivity contribution >= 4 is 40.5 Å². The first-order valence-corrected chi connectivity index (χ1v) is 9.62. The highest BCUT2D eigenvalue weighted by atomic mass is 35.5. The van der Waals surface area contributed by atoms with Crippen LogP contribution in [-0.4, -0.2) is 23.5 Å². The number of nitrogens with one attached hydrogen (secondary N) is 1. The quantitative estimate of drug-likeness (QED) is 0.574. The number of hydrogen-bond donors (Lipinski definition) is 1. The number of amides is 1. The molecule has 0 aliphatic carbocycles. The number of ether oxygens (including phenoxy) is 2. The van der Waals surface area contributed by atoms with E-state index in [-0.39, 0.29) is 12.2 Å². The molecule has 0 fully saturated rings. The highest BCUT2D eigenvalue weighted by Gasteiger charge is 2.16. The van der Waals surface area contributed by atoms with Gasteiger partial charge in [0.1, 0.15) is 17.9 Å². The minimum Gasteiger partial charge on any atom is -0.486 e. The van der Waals surface area contributed by atoms with Crippen molar-refractivity contribution in [1.29, 1.82) is 0 Å². The molecule has 1 aromatic heterocycles. The molecule has 0 radical (unpaired) electrons. The zero-order valence-electron chi connectivity index (χ0n) is 15.0. The van der Waals surface area contributed by atoms with Crippen molar-refractivity contribution in [2.24, 2.45) is 0 Å². The molecule has 2 aromatic carbocycles. The van der Waals surface area contributed by atoms with Gasteiger partial charge in [-0.2, -0.15) is 0 Å². The highest BCUT2D eigenvalue weighted by molar-refractivity contribution is 7.09. The summed E-state index contributed by atoms with van der Waals surface area (Å²) in [4.78, 5) is 28.7. The SMILES string of the molecule is Cc1nc(COc2ccccc2C(=O)OCC(=O)Nc2cccc(Cl)c2)cs1. The van der Waals surface area contributed by atoms with Crippen LogP contribution in [0.4, 0.5) is 5.69 Å². The number of halogens is 1. The Balaban J connectivity index is 1.57. The van der Waals surface area contributed by atoms with E-state index < -0.39 is 18.5 Å². The molecule has 1 N–H and O–H groups in total. The highest BCUT2D eigenvalue weighted by Crippen LogP contribution is 2.21. The van der Waals surface area contributed by atoms with Crippen LogP contribution < -0.4 is 10.1 Å². The second-order valence-electron chi connectivity index (χ2n) is 5.78. The Morgan fingerprint density at radius 1 is 1.18 bits per heavy atom. The van der Waals surface area contributed by atoms with Crippen molar-refractivity contribution in [3.8, 4) is 5.75 Å². The molecule has 8 heteroatoms. The summed E-state index contributed by atoms with van der Waals surface area (Å²) in [5.74, 6) is -0.744. The molecule has 0 aliphatic rings. The van der Waals surface area contributed by atoms with E-state index in [1.807, 2.05) is 12.3 Å². The van der Waals surface area contributed by atoms with Gasteiger partial charge in [0.05, 0.1) is 10.7 Å². The maximum absolute atomic E-state index is 12.4. The summed E-state index contributed by atoms with van der Waals surface area (Å²) in [5, 5.41) is 5.95. The molecule has 0 unspecified atom stereocenters. The third-order valence-corrected chi connectivity index (χ3v) is 4.65. The molecule has 1 amide bonds. The topological polar surface area (TPSA) is 77.5 Å². The van der Waals surface area contributed by atoms with Crippen molar-refractivity contribution in [1.82, 2.24) is 4.98 Å². The van der Waals surface area contributed by atoms with Gasteiger partial charge in [-0.15, -0.1) is 11.3 Å². The van der Waals surface area contributed by atoms with E-state index >= 15 is 0 Å². The molecule has 28 heavy (non-hydrogen) atoms. The predicted octanol–water partition coefficient (Wildman–Crippen LogP) is 4.48. The Morgan fingerprint density at radius 2 is 2.00 bits per heavy atom. The van der Waals surface area contributed by atoms with Gasteiger partial charge in [-0.1, -0.05) is 29.8 Å². The Labute approximate surface area is 171 Å². The van der Waals surface area contributed by atoms with Gasteiger partial charge >= 0.3 is 5.97 Å². The molecule has 6 nitrogen and oxygen atoms in total. The number of para-hydroxylation sites is 1. The van der Waals surface area contributed by atoms with E-state index in [0.29, 0.717) is 16.5 Å². The first-order chi connectivity index (χ1) is 13.5. The number of aryl methyl sites for hydroxylation is 1. The van der Waals surface area contributed by atoms with Gasteiger partial charge < -0.3 is 14.8 Å². The predicted molar refractivity (Wildman–Crippen MR) is 108 cm³/mol. The number of benzene rings is 2. The molecule has 0 saturated carbocycles. The smallest absolute Gasteiger partial charge is 0.342 e. The summed E-state index contributed by atoms with van der Waals surface area (Å²) in [5.41, 5.74) is 1.55. The van der Waals surface area contributed by atoms with Crippen LogP contribution in [0.2, 0.25) is 5.02 Å². The zero-order valence-corrected chi connectivity index (χ0v) is 16.5. The minimum atomic E-state index is -0.647. The van der Waals surface area contributed by atoms with Gasteiger partial charge in [0.25, 0.3) is 5.91 Å². The van der Waals surface area contributed by atoms with Crippen LogP contribution in [-0.2, 0) is 16.1 Å². The Kier molecular flexibility index (Phi) is 6.62. The number of hydrogen-bond acceptors (Lipinski definition) is 6. The largest absolute Gasteiger partial charge is 0.486 e. The van der Waals surface area contributed by atoms with Crippen molar-refractivity contribution in [3.05, 3.63) is 75.2 Å². The average Bonchev–Trinajstić information content (AvgIpc) is 3.10. The monoisotopic (exact) mass is 416 g/mol. The molecule has 0 atom stereocenters. The lowest BCUT2D eigenvalue weighted by atomic mass is 10.2. The lowest BCUT2D eigenvalue weighted by Crippen LogP contribution is -2.21. The fourth-order valence-corrected chi connectivity index (χ4v) is 3.15. The maximum Gasteiger partial charge on any atom is 0.342 e. The number of thiazole rings is 1. The van der Waals surface area contributed by atoms with Crippen LogP contribution in [0.15, 0.2) is 53.9 Å². The lowest BCUT2D eigenvalue weighted by molar-refractivity contribution is -0.119. The summed E-state index contributed by atoms with van der Waals surface area (Å²) < 4.78 is 10.8. The molecule has 0 bridgehead atoms. The van der Waals surface area contributed by atoms with Gasteiger partial charge in [-0.25, -0.2) is 9.78 Å². The van der Waals surface area contributed by atoms with E-state index in [9.17, 15) is 9.59 Å². The molecule has 0 saturated heterocycles. The summed E-state index contributed by atoms with van der Waals surface area (Å²) in [7, 11) is 0. The van der Waals surface area contributed by atoms with Crippen LogP contribution in [0, 0.1) is 6.92 Å². The maximum atomic E-state index is 12.4. The van der Waals surface area contributed by atoms with Gasteiger partial charge in [0, 0.05) is 16.1 Å². The molecule has 1 heterocycles. The third-order valence-electron chi connectivity index (χ3n) is 3.59. The van der Waals surface area contributed by atoms with Crippen LogP contribution in [0.1, 0.15) is 21.1 Å². The first-order valence-electron chi connectivity index (χ1n) is 8.36. The number of carbonyl (C=O) groups excluding carboxylic acids is 2.